The number of H-pyrrole nitrogens is 1. The highest BCUT2D eigenvalue weighted by molar-refractivity contribution is 6.31. The van der Waals surface area contributed by atoms with Gasteiger partial charge in [0.05, 0.1) is 0 Å². The number of carbonyl (C=O) groups is 2. The molecule has 0 saturated carbocycles. The first kappa shape index (κ1) is 23.3. The van der Waals surface area contributed by atoms with Gasteiger partial charge in [-0.3, -0.25) is 19.5 Å². The molecule has 3 aliphatic rings. The van der Waals surface area contributed by atoms with Crippen LogP contribution in [-0.2, 0) is 11.2 Å². The van der Waals surface area contributed by atoms with Gasteiger partial charge in [-0.25, -0.2) is 4.79 Å². The van der Waals surface area contributed by atoms with Crippen LogP contribution < -0.4 is 0 Å². The van der Waals surface area contributed by atoms with E-state index in [9.17, 15) is 14.7 Å². The molecule has 2 atom stereocenters. The molecule has 36 heavy (non-hydrogen) atoms. The lowest BCUT2D eigenvalue weighted by molar-refractivity contribution is -0.133. The Kier molecular flexibility index (Phi) is 5.51. The third kappa shape index (κ3) is 3.58. The van der Waals surface area contributed by atoms with Crippen LogP contribution >= 0.6 is 11.6 Å². The maximum absolute atomic E-state index is 13.9. The van der Waals surface area contributed by atoms with E-state index in [0.29, 0.717) is 24.5 Å². The van der Waals surface area contributed by atoms with Crippen LogP contribution in [0.15, 0.2) is 42.5 Å². The second kappa shape index (κ2) is 8.50. The first-order valence-corrected chi connectivity index (χ1v) is 12.8. The average Bonchev–Trinajstić information content (AvgIpc) is 3.29. The van der Waals surface area contributed by atoms with Gasteiger partial charge in [0.15, 0.2) is 0 Å². The van der Waals surface area contributed by atoms with Crippen LogP contribution in [0.25, 0.3) is 10.9 Å². The van der Waals surface area contributed by atoms with Crippen molar-refractivity contribution in [1.82, 2.24) is 24.6 Å². The monoisotopic (exact) mass is 507 g/mol. The fraction of sp³-hybridized carbons (Fsp3) is 0.407. The summed E-state index contributed by atoms with van der Waals surface area (Å²) in [6, 6.07) is 11.8. The number of phenolic OH excluding ortho intramolecular Hbond substituents is 1. The number of halogens is 1. The number of imide groups is 1. The van der Waals surface area contributed by atoms with E-state index < -0.39 is 11.6 Å². The van der Waals surface area contributed by atoms with Gasteiger partial charge >= 0.3 is 6.03 Å². The second-order valence-corrected chi connectivity index (χ2v) is 10.8. The molecule has 188 valence electrons. The van der Waals surface area contributed by atoms with E-state index in [1.165, 1.54) is 4.90 Å². The molecule has 3 aliphatic heterocycles. The minimum absolute atomic E-state index is 0.116. The molecule has 0 unspecified atom stereocenters. The summed E-state index contributed by atoms with van der Waals surface area (Å²) in [7, 11) is 2.11. The van der Waals surface area contributed by atoms with Gasteiger partial charge in [0, 0.05) is 67.3 Å². The van der Waals surface area contributed by atoms with E-state index in [1.807, 2.05) is 31.2 Å². The number of aromatic amines is 1. The first-order chi connectivity index (χ1) is 17.3. The zero-order valence-corrected chi connectivity index (χ0v) is 21.3. The number of piperazine rings is 1. The molecule has 0 radical (unpaired) electrons. The van der Waals surface area contributed by atoms with E-state index in [0.717, 1.165) is 53.9 Å². The van der Waals surface area contributed by atoms with Crippen LogP contribution in [0.3, 0.4) is 0 Å². The summed E-state index contributed by atoms with van der Waals surface area (Å²) in [5, 5.41) is 11.8. The Hall–Kier alpha value is -3.07. The van der Waals surface area contributed by atoms with Crippen molar-refractivity contribution in [2.24, 2.45) is 0 Å². The number of hydrogen-bond acceptors (Lipinski definition) is 5. The van der Waals surface area contributed by atoms with E-state index in [4.69, 9.17) is 11.6 Å². The summed E-state index contributed by atoms with van der Waals surface area (Å²) in [5.74, 6) is -0.0563. The summed E-state index contributed by atoms with van der Waals surface area (Å²) in [6.45, 7) is 6.71. The standard InChI is InChI=1S/C27H30ClN5O3/c1-27-16-21-20-15-18(28)6-7-22(20)29-23(21)24(17-4-3-5-19(34)14-17)33(27)26(36)32(25(27)35)13-12-31-10-8-30(2)9-11-31/h3-7,14-15,24,29,34H,8-13,16H2,1-2H3/t24-,27+/m1/s1. The molecule has 9 heteroatoms. The largest absolute Gasteiger partial charge is 0.508 e. The van der Waals surface area contributed by atoms with Gasteiger partial charge in [-0.15, -0.1) is 0 Å². The summed E-state index contributed by atoms with van der Waals surface area (Å²) in [5.41, 5.74) is 2.46. The van der Waals surface area contributed by atoms with Crippen LogP contribution in [0, 0.1) is 0 Å². The molecule has 0 aliphatic carbocycles. The van der Waals surface area contributed by atoms with E-state index >= 15 is 0 Å². The summed E-state index contributed by atoms with van der Waals surface area (Å²) >= 11 is 6.34. The Labute approximate surface area is 215 Å². The number of rotatable bonds is 4. The van der Waals surface area contributed by atoms with Crippen molar-refractivity contribution in [3.05, 3.63) is 64.3 Å². The Bertz CT molecular complexity index is 1360. The zero-order valence-electron chi connectivity index (χ0n) is 20.5. The molecule has 6 rings (SSSR count). The molecule has 2 saturated heterocycles. The molecule has 8 nitrogen and oxygen atoms in total. The van der Waals surface area contributed by atoms with Crippen molar-refractivity contribution in [2.45, 2.75) is 24.9 Å². The fourth-order valence-electron chi connectivity index (χ4n) is 6.04. The number of aromatic nitrogens is 1. The minimum Gasteiger partial charge on any atom is -0.508 e. The number of hydrogen-bond donors (Lipinski definition) is 2. The molecule has 3 amide bonds. The van der Waals surface area contributed by atoms with E-state index in [1.54, 1.807) is 23.1 Å². The molecule has 2 aromatic carbocycles. The molecular formula is C27H30ClN5O3. The Morgan fingerprint density at radius 3 is 2.61 bits per heavy atom. The predicted molar refractivity (Wildman–Crippen MR) is 138 cm³/mol. The molecule has 2 N–H and O–H groups in total. The van der Waals surface area contributed by atoms with Gasteiger partial charge in [0.1, 0.15) is 17.3 Å². The second-order valence-electron chi connectivity index (χ2n) is 10.4. The summed E-state index contributed by atoms with van der Waals surface area (Å²) in [4.78, 5) is 39.1. The SMILES string of the molecule is CN1CCN(CCN2C(=O)N3[C@H](c4cccc(O)c4)c4[nH]c5ccc(Cl)cc5c4C[C@@]3(C)C2=O)CC1. The number of likely N-dealkylation sites (N-methyl/N-ethyl adjacent to an activating group) is 1. The number of amides is 3. The maximum atomic E-state index is 13.9. The van der Waals surface area contributed by atoms with Crippen LogP contribution in [0.1, 0.15) is 29.8 Å². The van der Waals surface area contributed by atoms with Crippen LogP contribution in [0.5, 0.6) is 5.75 Å². The molecule has 1 aromatic heterocycles. The summed E-state index contributed by atoms with van der Waals surface area (Å²) < 4.78 is 0. The van der Waals surface area contributed by atoms with Crippen molar-refractivity contribution >= 4 is 34.4 Å². The van der Waals surface area contributed by atoms with E-state index in [-0.39, 0.29) is 17.7 Å². The van der Waals surface area contributed by atoms with Gasteiger partial charge < -0.3 is 15.0 Å². The van der Waals surface area contributed by atoms with Crippen molar-refractivity contribution < 1.29 is 14.7 Å². The van der Waals surface area contributed by atoms with Crippen molar-refractivity contribution in [2.75, 3.05) is 46.3 Å². The number of phenols is 1. The van der Waals surface area contributed by atoms with Crippen LogP contribution in [0.2, 0.25) is 5.02 Å². The zero-order chi connectivity index (χ0) is 25.2. The molecular weight excluding hydrogens is 478 g/mol. The molecule has 2 fully saturated rings. The number of carbonyl (C=O) groups excluding carboxylic acids is 2. The minimum atomic E-state index is -1.04. The number of benzene rings is 2. The van der Waals surface area contributed by atoms with Crippen LogP contribution in [0.4, 0.5) is 4.79 Å². The van der Waals surface area contributed by atoms with Gasteiger partial charge in [0.2, 0.25) is 0 Å². The number of fused-ring (bicyclic) bond motifs is 4. The smallest absolute Gasteiger partial charge is 0.328 e. The van der Waals surface area contributed by atoms with Crippen molar-refractivity contribution in [1.29, 1.82) is 0 Å². The topological polar surface area (TPSA) is 83.1 Å². The lowest BCUT2D eigenvalue weighted by Crippen LogP contribution is -2.53. The Balaban J connectivity index is 1.41. The van der Waals surface area contributed by atoms with Gasteiger partial charge in [-0.2, -0.15) is 0 Å². The highest BCUT2D eigenvalue weighted by Gasteiger charge is 2.60. The molecule has 0 spiro atoms. The van der Waals surface area contributed by atoms with Gasteiger partial charge in [-0.05, 0) is 55.4 Å². The van der Waals surface area contributed by atoms with E-state index in [2.05, 4.69) is 21.8 Å². The van der Waals surface area contributed by atoms with Gasteiger partial charge in [-0.1, -0.05) is 23.7 Å². The Morgan fingerprint density at radius 2 is 1.86 bits per heavy atom. The number of aromatic hydroxyl groups is 1. The van der Waals surface area contributed by atoms with Crippen molar-refractivity contribution in [3.63, 3.8) is 0 Å². The highest BCUT2D eigenvalue weighted by atomic mass is 35.5. The maximum Gasteiger partial charge on any atom is 0.328 e. The number of nitrogens with zero attached hydrogens (tertiary/aromatic N) is 4. The molecule has 0 bridgehead atoms. The highest BCUT2D eigenvalue weighted by Crippen LogP contribution is 2.49. The van der Waals surface area contributed by atoms with Crippen LogP contribution in [-0.4, -0.2) is 93.5 Å². The lowest BCUT2D eigenvalue weighted by atomic mass is 9.81. The lowest BCUT2D eigenvalue weighted by Gasteiger charge is -2.42. The quantitative estimate of drug-likeness (QED) is 0.529. The number of urea groups is 1. The molecule has 4 heterocycles. The number of nitrogens with one attached hydrogen (secondary N) is 1. The normalized spacial score (nSPS) is 25.0. The third-order valence-corrected chi connectivity index (χ3v) is 8.29. The molecule has 3 aromatic rings. The third-order valence-electron chi connectivity index (χ3n) is 8.05. The summed E-state index contributed by atoms with van der Waals surface area (Å²) in [6.07, 6.45) is 0.396. The van der Waals surface area contributed by atoms with Crippen molar-refractivity contribution in [3.8, 4) is 5.75 Å². The predicted octanol–water partition coefficient (Wildman–Crippen LogP) is 3.44. The first-order valence-electron chi connectivity index (χ1n) is 12.4. The fourth-order valence-corrected chi connectivity index (χ4v) is 6.21. The Morgan fingerprint density at radius 1 is 1.08 bits per heavy atom. The van der Waals surface area contributed by atoms with Gasteiger partial charge in [0.25, 0.3) is 5.91 Å². The average molecular weight is 508 g/mol.